The van der Waals surface area contributed by atoms with Gasteiger partial charge in [0.05, 0.1) is 10.6 Å². The Hall–Kier alpha value is -3.42. The predicted molar refractivity (Wildman–Crippen MR) is 130 cm³/mol. The number of benzene rings is 2. The predicted octanol–water partition coefficient (Wildman–Crippen LogP) is 4.19. The summed E-state index contributed by atoms with van der Waals surface area (Å²) in [5.41, 5.74) is 0.372. The monoisotopic (exact) mass is 490 g/mol. The van der Waals surface area contributed by atoms with Crippen LogP contribution in [0.1, 0.15) is 31.2 Å². The highest BCUT2D eigenvalue weighted by Crippen LogP contribution is 2.47. The molecule has 4 heterocycles. The van der Waals surface area contributed by atoms with Crippen LogP contribution in [-0.2, 0) is 4.79 Å². The highest BCUT2D eigenvalue weighted by atomic mass is 35.5. The Morgan fingerprint density at radius 3 is 2.79 bits per heavy atom. The van der Waals surface area contributed by atoms with Crippen LogP contribution >= 0.6 is 22.9 Å². The number of aromatic nitrogens is 1. The van der Waals surface area contributed by atoms with Gasteiger partial charge in [0, 0.05) is 22.2 Å². The minimum atomic E-state index is -1.08. The molecule has 6 nitrogen and oxygen atoms in total. The van der Waals surface area contributed by atoms with E-state index in [0.717, 1.165) is 11.1 Å². The average Bonchev–Trinajstić information content (AvgIpc) is 3.37. The first kappa shape index (κ1) is 21.1. The lowest BCUT2D eigenvalue weighted by Crippen LogP contribution is -2.58. The molecule has 8 heteroatoms. The summed E-state index contributed by atoms with van der Waals surface area (Å²) in [5.74, 6) is 1.16. The van der Waals surface area contributed by atoms with Gasteiger partial charge >= 0.3 is 0 Å². The molecule has 6 rings (SSSR count). The highest BCUT2D eigenvalue weighted by Gasteiger charge is 2.53. The fourth-order valence-corrected chi connectivity index (χ4v) is 6.18. The van der Waals surface area contributed by atoms with Crippen LogP contribution in [0.25, 0.3) is 17.4 Å². The smallest absolute Gasteiger partial charge is 0.271 e. The summed E-state index contributed by atoms with van der Waals surface area (Å²) in [6.07, 6.45) is 1.71. The molecule has 34 heavy (non-hydrogen) atoms. The lowest BCUT2D eigenvalue weighted by atomic mass is 9.79. The molecule has 0 aliphatic carbocycles. The number of furan rings is 1. The van der Waals surface area contributed by atoms with Crippen LogP contribution in [0.2, 0.25) is 5.02 Å². The molecule has 0 saturated carbocycles. The topological polar surface area (TPSA) is 73.8 Å². The van der Waals surface area contributed by atoms with Gasteiger partial charge in [-0.2, -0.15) is 0 Å². The number of carbonyl (C=O) groups is 1. The Morgan fingerprint density at radius 1 is 1.18 bits per heavy atom. The standard InChI is InChI=1S/C26H19ClN2O4S/c1-14(30)22-23-18-8-3-4-9-20(18)33-26(22,2)28-25-29(23)24(31)21(34-25)13-17-10-11-19(32-17)15-6-5-7-16(27)12-15/h3-13,22-23H,1-2H3/t22?,23?,26-/m0/s1. The Morgan fingerprint density at radius 2 is 2.00 bits per heavy atom. The van der Waals surface area contributed by atoms with Crippen LogP contribution in [-0.4, -0.2) is 16.1 Å². The zero-order chi connectivity index (χ0) is 23.6. The molecule has 2 aromatic carbocycles. The zero-order valence-electron chi connectivity index (χ0n) is 18.3. The van der Waals surface area contributed by atoms with E-state index >= 15 is 0 Å². The van der Waals surface area contributed by atoms with E-state index in [0.29, 0.717) is 31.6 Å². The van der Waals surface area contributed by atoms with E-state index in [2.05, 4.69) is 0 Å². The van der Waals surface area contributed by atoms with E-state index in [1.807, 2.05) is 61.5 Å². The summed E-state index contributed by atoms with van der Waals surface area (Å²) >= 11 is 7.36. The zero-order valence-corrected chi connectivity index (χ0v) is 19.9. The van der Waals surface area contributed by atoms with Gasteiger partial charge in [0.25, 0.3) is 5.56 Å². The van der Waals surface area contributed by atoms with Crippen molar-refractivity contribution < 1.29 is 13.9 Å². The number of rotatable bonds is 3. The minimum absolute atomic E-state index is 0.0720. The van der Waals surface area contributed by atoms with Crippen molar-refractivity contribution in [3.63, 3.8) is 0 Å². The van der Waals surface area contributed by atoms with Gasteiger partial charge in [-0.1, -0.05) is 53.3 Å². The van der Waals surface area contributed by atoms with Gasteiger partial charge in [-0.15, -0.1) is 0 Å². The maximum Gasteiger partial charge on any atom is 0.271 e. The summed E-state index contributed by atoms with van der Waals surface area (Å²) < 4.78 is 14.3. The average molecular weight is 491 g/mol. The van der Waals surface area contributed by atoms with E-state index in [4.69, 9.17) is 25.7 Å². The minimum Gasteiger partial charge on any atom is -0.465 e. The Labute approximate surface area is 203 Å². The van der Waals surface area contributed by atoms with E-state index in [1.54, 1.807) is 16.7 Å². The van der Waals surface area contributed by atoms with E-state index < -0.39 is 17.7 Å². The number of fused-ring (bicyclic) bond motifs is 6. The van der Waals surface area contributed by atoms with Crippen molar-refractivity contribution in [2.24, 2.45) is 10.9 Å². The number of hydrogen-bond donors (Lipinski definition) is 0. The third-order valence-corrected chi connectivity index (χ3v) is 7.55. The summed E-state index contributed by atoms with van der Waals surface area (Å²) in [5, 5.41) is 0.618. The molecule has 0 radical (unpaired) electrons. The molecule has 0 fully saturated rings. The molecule has 2 aromatic heterocycles. The van der Waals surface area contributed by atoms with Gasteiger partial charge in [0.15, 0.2) is 4.80 Å². The third-order valence-electron chi connectivity index (χ3n) is 6.33. The fraction of sp³-hybridized carbons (Fsp3) is 0.192. The van der Waals surface area contributed by atoms with Crippen LogP contribution in [0.5, 0.6) is 5.75 Å². The van der Waals surface area contributed by atoms with Gasteiger partial charge in [0.1, 0.15) is 29.0 Å². The van der Waals surface area contributed by atoms with Crippen molar-refractivity contribution in [2.45, 2.75) is 25.6 Å². The molecule has 0 spiro atoms. The lowest BCUT2D eigenvalue weighted by Gasteiger charge is -2.45. The molecular formula is C26H19ClN2O4S. The quantitative estimate of drug-likeness (QED) is 0.431. The normalized spacial score (nSPS) is 23.0. The summed E-state index contributed by atoms with van der Waals surface area (Å²) in [6.45, 7) is 3.33. The fourth-order valence-electron chi connectivity index (χ4n) is 4.91. The van der Waals surface area contributed by atoms with Crippen LogP contribution < -0.4 is 19.6 Å². The first-order chi connectivity index (χ1) is 16.3. The summed E-state index contributed by atoms with van der Waals surface area (Å²) in [7, 11) is 0. The van der Waals surface area contributed by atoms with Crippen LogP contribution in [0.4, 0.5) is 0 Å². The number of ketones is 1. The maximum atomic E-state index is 13.6. The molecule has 0 amide bonds. The van der Waals surface area contributed by atoms with Crippen molar-refractivity contribution in [2.75, 3.05) is 0 Å². The van der Waals surface area contributed by atoms with Crippen molar-refractivity contribution in [1.29, 1.82) is 0 Å². The number of halogens is 1. The first-order valence-corrected chi connectivity index (χ1v) is 12.0. The molecule has 3 atom stereocenters. The number of nitrogens with zero attached hydrogens (tertiary/aromatic N) is 2. The molecule has 2 aliphatic rings. The number of hydrogen-bond acceptors (Lipinski definition) is 6. The summed E-state index contributed by atoms with van der Waals surface area (Å²) in [6, 6.07) is 18.1. The maximum absolute atomic E-state index is 13.6. The van der Waals surface area contributed by atoms with Crippen molar-refractivity contribution in [3.8, 4) is 17.1 Å². The number of thiazole rings is 1. The second-order valence-electron chi connectivity index (χ2n) is 8.62. The molecule has 4 aromatic rings. The summed E-state index contributed by atoms with van der Waals surface area (Å²) in [4.78, 5) is 31.6. The second-order valence-corrected chi connectivity index (χ2v) is 10.1. The van der Waals surface area contributed by atoms with Gasteiger partial charge in [0.2, 0.25) is 5.72 Å². The molecule has 2 unspecified atom stereocenters. The number of para-hydroxylation sites is 1. The second kappa shape index (κ2) is 7.55. The first-order valence-electron chi connectivity index (χ1n) is 10.8. The Kier molecular flexibility index (Phi) is 4.69. The van der Waals surface area contributed by atoms with Crippen molar-refractivity contribution in [3.05, 3.63) is 96.7 Å². The van der Waals surface area contributed by atoms with Gasteiger partial charge in [-0.25, -0.2) is 4.99 Å². The number of Topliss-reactive ketones (excluding diaryl/α,β-unsaturated/α-hetero) is 1. The van der Waals surface area contributed by atoms with E-state index in [-0.39, 0.29) is 11.3 Å². The Balaban J connectivity index is 1.52. The highest BCUT2D eigenvalue weighted by molar-refractivity contribution is 7.07. The van der Waals surface area contributed by atoms with Crippen LogP contribution in [0, 0.1) is 5.92 Å². The third kappa shape index (κ3) is 3.19. The van der Waals surface area contributed by atoms with Crippen LogP contribution in [0.3, 0.4) is 0 Å². The molecule has 2 bridgehead atoms. The van der Waals surface area contributed by atoms with E-state index in [1.165, 1.54) is 18.3 Å². The van der Waals surface area contributed by atoms with E-state index in [9.17, 15) is 9.59 Å². The number of carbonyl (C=O) groups excluding carboxylic acids is 1. The molecule has 0 saturated heterocycles. The Bertz CT molecular complexity index is 1650. The molecule has 0 N–H and O–H groups in total. The van der Waals surface area contributed by atoms with Crippen molar-refractivity contribution >= 4 is 34.8 Å². The van der Waals surface area contributed by atoms with Gasteiger partial charge < -0.3 is 9.15 Å². The van der Waals surface area contributed by atoms with Gasteiger partial charge in [-0.05, 0) is 44.2 Å². The molecule has 2 aliphatic heterocycles. The lowest BCUT2D eigenvalue weighted by molar-refractivity contribution is -0.132. The SMILES string of the molecule is CC(=O)C1C2c3ccccc3O[C@]1(C)N=c1sc(=Cc3ccc(-c4cccc(Cl)c4)o3)c(=O)n12. The largest absolute Gasteiger partial charge is 0.465 e. The number of ether oxygens (including phenoxy) is 1. The van der Waals surface area contributed by atoms with Gasteiger partial charge in [-0.3, -0.25) is 14.2 Å². The molecular weight excluding hydrogens is 472 g/mol. The van der Waals surface area contributed by atoms with Crippen molar-refractivity contribution in [1.82, 2.24) is 4.57 Å². The molecule has 170 valence electrons. The van der Waals surface area contributed by atoms with Crippen LogP contribution in [0.15, 0.2) is 74.9 Å².